The van der Waals surface area contributed by atoms with Gasteiger partial charge in [0.25, 0.3) is 0 Å². The fourth-order valence-electron chi connectivity index (χ4n) is 3.93. The van der Waals surface area contributed by atoms with E-state index >= 15 is 0 Å². The Hall–Kier alpha value is -2.31. The summed E-state index contributed by atoms with van der Waals surface area (Å²) in [6.45, 7) is 1.36. The van der Waals surface area contributed by atoms with Crippen LogP contribution in [0.2, 0.25) is 0 Å². The average molecular weight is 389 g/mol. The van der Waals surface area contributed by atoms with E-state index in [1.54, 1.807) is 0 Å². The van der Waals surface area contributed by atoms with Gasteiger partial charge in [0, 0.05) is 25.3 Å². The number of phenolic OH excluding ortho intramolecular Hbond substituents is 1. The van der Waals surface area contributed by atoms with E-state index in [0.29, 0.717) is 13.1 Å². The van der Waals surface area contributed by atoms with E-state index in [2.05, 4.69) is 12.1 Å². The molecule has 6 heteroatoms. The molecule has 0 radical (unpaired) electrons. The fraction of sp³-hybridized carbons (Fsp3) is 0.409. The number of Topliss-reactive ketones (excluding diaryl/α,β-unsaturated/α-hetero) is 1. The number of aromatic hydroxyl groups is 1. The van der Waals surface area contributed by atoms with Crippen LogP contribution in [0.15, 0.2) is 42.5 Å². The van der Waals surface area contributed by atoms with Crippen LogP contribution in [-0.2, 0) is 6.42 Å². The lowest BCUT2D eigenvalue weighted by atomic mass is 9.91. The van der Waals surface area contributed by atoms with Gasteiger partial charge >= 0.3 is 0 Å². The first-order chi connectivity index (χ1) is 13.5. The topological polar surface area (TPSA) is 60.8 Å². The third-order valence-corrected chi connectivity index (χ3v) is 5.48. The first kappa shape index (κ1) is 20.4. The number of carbonyl (C=O) groups excluding carboxylic acids is 1. The molecule has 0 aromatic heterocycles. The third kappa shape index (κ3) is 4.94. The van der Waals surface area contributed by atoms with E-state index in [4.69, 9.17) is 5.11 Å². The molecule has 1 aliphatic heterocycles. The minimum absolute atomic E-state index is 0.0370. The maximum absolute atomic E-state index is 13.5. The molecule has 2 atom stereocenters. The minimum Gasteiger partial charge on any atom is -0.503 e. The van der Waals surface area contributed by atoms with Gasteiger partial charge in [-0.05, 0) is 48.8 Å². The first-order valence-corrected chi connectivity index (χ1v) is 9.56. The summed E-state index contributed by atoms with van der Waals surface area (Å²) in [5, 5.41) is 18.8. The standard InChI is InChI=1S/C22H25F2NO3/c23-19-9-17(10-20(24)22(19)28)21(27)13-25-11-16(18(12-25)14-26)8-4-7-15-5-2-1-3-6-15/h1-3,5-6,9-10,16,18,26,28H,4,7-8,11-14H2/t16-,18-/m1/s1. The largest absolute Gasteiger partial charge is 0.503 e. The number of halogens is 2. The molecule has 28 heavy (non-hydrogen) atoms. The molecular formula is C22H25F2NO3. The number of likely N-dealkylation sites (tertiary alicyclic amines) is 1. The monoisotopic (exact) mass is 389 g/mol. The molecule has 1 aliphatic rings. The Kier molecular flexibility index (Phi) is 6.75. The normalized spacial score (nSPS) is 19.8. The maximum Gasteiger partial charge on any atom is 0.187 e. The van der Waals surface area contributed by atoms with E-state index in [1.807, 2.05) is 23.1 Å². The number of ketones is 1. The van der Waals surface area contributed by atoms with E-state index in [9.17, 15) is 18.7 Å². The van der Waals surface area contributed by atoms with E-state index in [0.717, 1.165) is 31.4 Å². The number of rotatable bonds is 8. The van der Waals surface area contributed by atoms with E-state index in [1.165, 1.54) is 5.56 Å². The summed E-state index contributed by atoms with van der Waals surface area (Å²) in [5.74, 6) is -3.38. The van der Waals surface area contributed by atoms with Crippen LogP contribution in [0, 0.1) is 23.5 Å². The number of benzene rings is 2. The summed E-state index contributed by atoms with van der Waals surface area (Å²) in [6.07, 6.45) is 2.93. The molecule has 3 rings (SSSR count). The quantitative estimate of drug-likeness (QED) is 0.680. The lowest BCUT2D eigenvalue weighted by Crippen LogP contribution is -2.28. The smallest absolute Gasteiger partial charge is 0.187 e. The molecule has 0 saturated carbocycles. The first-order valence-electron chi connectivity index (χ1n) is 9.56. The summed E-state index contributed by atoms with van der Waals surface area (Å²) in [7, 11) is 0. The van der Waals surface area contributed by atoms with Crippen LogP contribution in [-0.4, -0.2) is 47.1 Å². The Morgan fingerprint density at radius 2 is 1.71 bits per heavy atom. The lowest BCUT2D eigenvalue weighted by molar-refractivity contribution is 0.0939. The molecule has 150 valence electrons. The van der Waals surface area contributed by atoms with Crippen molar-refractivity contribution < 1.29 is 23.8 Å². The summed E-state index contributed by atoms with van der Waals surface area (Å²) in [6, 6.07) is 11.9. The van der Waals surface area contributed by atoms with E-state index in [-0.39, 0.29) is 30.6 Å². The van der Waals surface area contributed by atoms with Crippen LogP contribution in [0.1, 0.15) is 28.8 Å². The zero-order chi connectivity index (χ0) is 20.1. The average Bonchev–Trinajstić information content (AvgIpc) is 3.08. The van der Waals surface area contributed by atoms with Gasteiger partial charge in [0.05, 0.1) is 6.54 Å². The molecule has 4 nitrogen and oxygen atoms in total. The Labute approximate surface area is 163 Å². The van der Waals surface area contributed by atoms with Crippen LogP contribution in [0.4, 0.5) is 8.78 Å². The molecule has 0 aliphatic carbocycles. The number of aryl methyl sites for hydroxylation is 1. The van der Waals surface area contributed by atoms with Crippen molar-refractivity contribution in [1.82, 2.24) is 4.90 Å². The number of aliphatic hydroxyl groups is 1. The fourth-order valence-corrected chi connectivity index (χ4v) is 3.93. The van der Waals surface area contributed by atoms with Crippen molar-refractivity contribution >= 4 is 5.78 Å². The maximum atomic E-state index is 13.5. The van der Waals surface area contributed by atoms with E-state index < -0.39 is 23.2 Å². The van der Waals surface area contributed by atoms with Gasteiger partial charge in [0.2, 0.25) is 0 Å². The molecule has 2 aromatic carbocycles. The summed E-state index contributed by atoms with van der Waals surface area (Å²) in [4.78, 5) is 14.3. The Balaban J connectivity index is 1.55. The van der Waals surface area contributed by atoms with Gasteiger partial charge in [-0.1, -0.05) is 30.3 Å². The van der Waals surface area contributed by atoms with Gasteiger partial charge in [0.1, 0.15) is 0 Å². The van der Waals surface area contributed by atoms with Gasteiger partial charge in [-0.2, -0.15) is 0 Å². The van der Waals surface area contributed by atoms with Crippen molar-refractivity contribution in [2.24, 2.45) is 11.8 Å². The van der Waals surface area contributed by atoms with Crippen molar-refractivity contribution in [3.63, 3.8) is 0 Å². The highest BCUT2D eigenvalue weighted by Gasteiger charge is 2.32. The SMILES string of the molecule is O=C(CN1C[C@@H](CCCc2ccccc2)[C@@H](CO)C1)c1cc(F)c(O)c(F)c1. The molecule has 0 bridgehead atoms. The highest BCUT2D eigenvalue weighted by molar-refractivity contribution is 5.97. The van der Waals surface area contributed by atoms with Crippen LogP contribution < -0.4 is 0 Å². The molecule has 2 aromatic rings. The molecule has 0 unspecified atom stereocenters. The third-order valence-electron chi connectivity index (χ3n) is 5.48. The number of phenols is 1. The van der Waals surface area contributed by atoms with Gasteiger partial charge in [-0.25, -0.2) is 8.78 Å². The highest BCUT2D eigenvalue weighted by atomic mass is 19.1. The van der Waals surface area contributed by atoms with Crippen LogP contribution in [0.5, 0.6) is 5.75 Å². The molecule has 1 saturated heterocycles. The summed E-state index contributed by atoms with van der Waals surface area (Å²) < 4.78 is 27.0. The molecule has 1 fully saturated rings. The van der Waals surface area contributed by atoms with Gasteiger partial charge in [0.15, 0.2) is 23.2 Å². The number of hydrogen-bond acceptors (Lipinski definition) is 4. The van der Waals surface area contributed by atoms with Gasteiger partial charge in [-0.3, -0.25) is 9.69 Å². The predicted octanol–water partition coefficient (Wildman–Crippen LogP) is 3.42. The number of hydrogen-bond donors (Lipinski definition) is 2. The highest BCUT2D eigenvalue weighted by Crippen LogP contribution is 2.28. The van der Waals surface area contributed by atoms with Crippen LogP contribution in [0.3, 0.4) is 0 Å². The molecule has 2 N–H and O–H groups in total. The molecule has 0 amide bonds. The zero-order valence-electron chi connectivity index (χ0n) is 15.7. The second-order valence-electron chi connectivity index (χ2n) is 7.49. The van der Waals surface area contributed by atoms with Crippen LogP contribution >= 0.6 is 0 Å². The van der Waals surface area contributed by atoms with Crippen molar-refractivity contribution in [2.75, 3.05) is 26.2 Å². The van der Waals surface area contributed by atoms with Gasteiger partial charge in [-0.15, -0.1) is 0 Å². The lowest BCUT2D eigenvalue weighted by Gasteiger charge is -2.16. The second-order valence-corrected chi connectivity index (χ2v) is 7.49. The minimum atomic E-state index is -1.14. The number of carbonyl (C=O) groups is 1. The summed E-state index contributed by atoms with van der Waals surface area (Å²) >= 11 is 0. The van der Waals surface area contributed by atoms with Crippen molar-refractivity contribution in [3.8, 4) is 5.75 Å². The molecular weight excluding hydrogens is 364 g/mol. The Morgan fingerprint density at radius 1 is 1.07 bits per heavy atom. The predicted molar refractivity (Wildman–Crippen MR) is 102 cm³/mol. The molecule has 0 spiro atoms. The summed E-state index contributed by atoms with van der Waals surface area (Å²) in [5.41, 5.74) is 1.19. The zero-order valence-corrected chi connectivity index (χ0v) is 15.7. The van der Waals surface area contributed by atoms with Crippen molar-refractivity contribution in [1.29, 1.82) is 0 Å². The Bertz CT molecular complexity index is 790. The van der Waals surface area contributed by atoms with Crippen molar-refractivity contribution in [2.45, 2.75) is 19.3 Å². The second kappa shape index (κ2) is 9.26. The van der Waals surface area contributed by atoms with Gasteiger partial charge < -0.3 is 10.2 Å². The number of nitrogens with zero attached hydrogens (tertiary/aromatic N) is 1. The molecule has 1 heterocycles. The number of aliphatic hydroxyl groups excluding tert-OH is 1. The van der Waals surface area contributed by atoms with Crippen molar-refractivity contribution in [3.05, 3.63) is 65.2 Å². The Morgan fingerprint density at radius 3 is 2.36 bits per heavy atom. The van der Waals surface area contributed by atoms with Crippen LogP contribution in [0.25, 0.3) is 0 Å².